The molecule has 0 aliphatic carbocycles. The second-order valence-corrected chi connectivity index (χ2v) is 7.50. The second kappa shape index (κ2) is 7.95. The Kier molecular flexibility index (Phi) is 5.21. The van der Waals surface area contributed by atoms with Crippen molar-refractivity contribution in [3.63, 3.8) is 0 Å². The van der Waals surface area contributed by atoms with Crippen molar-refractivity contribution < 1.29 is 14.0 Å². The highest BCUT2D eigenvalue weighted by Crippen LogP contribution is 2.32. The number of nitrogens with one attached hydrogen (secondary N) is 1. The Morgan fingerprint density at radius 3 is 2.55 bits per heavy atom. The van der Waals surface area contributed by atoms with Gasteiger partial charge < -0.3 is 14.6 Å². The zero-order valence-corrected chi connectivity index (χ0v) is 16.6. The first kappa shape index (κ1) is 19.0. The summed E-state index contributed by atoms with van der Waals surface area (Å²) in [4.78, 5) is 26.0. The molecule has 5 heteroatoms. The van der Waals surface area contributed by atoms with Crippen molar-refractivity contribution in [2.75, 3.05) is 11.4 Å². The molecule has 0 spiro atoms. The predicted molar refractivity (Wildman–Crippen MR) is 113 cm³/mol. The number of nitrogens with zero attached hydrogens (tertiary/aromatic N) is 1. The van der Waals surface area contributed by atoms with Gasteiger partial charge in [0.1, 0.15) is 5.76 Å². The molecule has 4 rings (SSSR count). The fourth-order valence-corrected chi connectivity index (χ4v) is 3.81. The van der Waals surface area contributed by atoms with E-state index < -0.39 is 0 Å². The number of carbonyl (C=O) groups excluding carboxylic acids is 2. The average Bonchev–Trinajstić information content (AvgIpc) is 3.37. The van der Waals surface area contributed by atoms with E-state index in [2.05, 4.69) is 11.4 Å². The Bertz CT molecular complexity index is 1020. The largest absolute Gasteiger partial charge is 0.469 e. The van der Waals surface area contributed by atoms with Crippen molar-refractivity contribution in [3.8, 4) is 11.1 Å². The number of hydrogen-bond acceptors (Lipinski definition) is 3. The Balaban J connectivity index is 1.44. The van der Waals surface area contributed by atoms with Crippen LogP contribution >= 0.6 is 0 Å². The molecule has 0 saturated carbocycles. The minimum Gasteiger partial charge on any atom is -0.469 e. The highest BCUT2D eigenvalue weighted by atomic mass is 16.3. The van der Waals surface area contributed by atoms with Crippen molar-refractivity contribution >= 4 is 17.5 Å². The Morgan fingerprint density at radius 1 is 1.10 bits per heavy atom. The molecule has 2 heterocycles. The van der Waals surface area contributed by atoms with Gasteiger partial charge in [0.25, 0.3) is 5.91 Å². The van der Waals surface area contributed by atoms with Crippen LogP contribution in [0.15, 0.2) is 65.3 Å². The molecule has 29 heavy (non-hydrogen) atoms. The molecule has 148 valence electrons. The lowest BCUT2D eigenvalue weighted by Gasteiger charge is -2.15. The number of furan rings is 1. The maximum Gasteiger partial charge on any atom is 0.251 e. The third-order valence-corrected chi connectivity index (χ3v) is 5.30. The van der Waals surface area contributed by atoms with Gasteiger partial charge in [-0.1, -0.05) is 18.2 Å². The van der Waals surface area contributed by atoms with Crippen LogP contribution in [-0.2, 0) is 17.6 Å². The van der Waals surface area contributed by atoms with Gasteiger partial charge in [0.15, 0.2) is 0 Å². The van der Waals surface area contributed by atoms with Crippen LogP contribution in [0, 0.1) is 0 Å². The summed E-state index contributed by atoms with van der Waals surface area (Å²) in [5.41, 5.74) is 4.96. The molecule has 0 bridgehead atoms. The van der Waals surface area contributed by atoms with Crippen LogP contribution in [-0.4, -0.2) is 24.4 Å². The van der Waals surface area contributed by atoms with E-state index in [1.165, 1.54) is 5.56 Å². The molecule has 1 unspecified atom stereocenters. The van der Waals surface area contributed by atoms with Gasteiger partial charge in [-0.05, 0) is 66.4 Å². The van der Waals surface area contributed by atoms with Gasteiger partial charge in [0, 0.05) is 37.2 Å². The summed E-state index contributed by atoms with van der Waals surface area (Å²) in [7, 11) is 0. The van der Waals surface area contributed by atoms with E-state index in [4.69, 9.17) is 4.42 Å². The minimum atomic E-state index is -0.0957. The number of hydrogen-bond donors (Lipinski definition) is 1. The van der Waals surface area contributed by atoms with E-state index in [1.54, 1.807) is 13.2 Å². The standard InChI is InChI=1S/C24H24N2O3/c1-16(14-22-4-3-13-29-22)25-24(28)19-7-5-18(6-8-19)20-9-10-23-21(15-20)11-12-26(23)17(2)27/h3-10,13,15-16H,11-12,14H2,1-2H3,(H,25,28). The first-order valence-electron chi connectivity index (χ1n) is 9.86. The van der Waals surface area contributed by atoms with Crippen molar-refractivity contribution in [2.45, 2.75) is 32.7 Å². The van der Waals surface area contributed by atoms with Gasteiger partial charge >= 0.3 is 0 Å². The number of rotatable bonds is 5. The summed E-state index contributed by atoms with van der Waals surface area (Å²) < 4.78 is 5.33. The van der Waals surface area contributed by atoms with Crippen molar-refractivity contribution in [2.24, 2.45) is 0 Å². The van der Waals surface area contributed by atoms with Gasteiger partial charge in [0.05, 0.1) is 6.26 Å². The summed E-state index contributed by atoms with van der Waals surface area (Å²) in [5.74, 6) is 0.836. The van der Waals surface area contributed by atoms with Crippen LogP contribution in [0.3, 0.4) is 0 Å². The maximum absolute atomic E-state index is 12.5. The summed E-state index contributed by atoms with van der Waals surface area (Å²) >= 11 is 0. The van der Waals surface area contributed by atoms with Gasteiger partial charge in [0.2, 0.25) is 5.91 Å². The van der Waals surface area contributed by atoms with E-state index in [-0.39, 0.29) is 17.9 Å². The molecule has 0 radical (unpaired) electrons. The molecule has 3 aromatic rings. The normalized spacial score (nSPS) is 13.8. The lowest BCUT2D eigenvalue weighted by Crippen LogP contribution is -2.33. The van der Waals surface area contributed by atoms with E-state index in [9.17, 15) is 9.59 Å². The van der Waals surface area contributed by atoms with Crippen LogP contribution in [0.5, 0.6) is 0 Å². The van der Waals surface area contributed by atoms with Crippen LogP contribution in [0.4, 0.5) is 5.69 Å². The molecular weight excluding hydrogens is 364 g/mol. The lowest BCUT2D eigenvalue weighted by atomic mass is 10.0. The fourth-order valence-electron chi connectivity index (χ4n) is 3.81. The SMILES string of the molecule is CC(=O)N1CCc2cc(-c3ccc(C(=O)NC(C)Cc4ccco4)cc3)ccc21. The zero-order chi connectivity index (χ0) is 20.4. The topological polar surface area (TPSA) is 62.6 Å². The third-order valence-electron chi connectivity index (χ3n) is 5.30. The number of carbonyl (C=O) groups is 2. The lowest BCUT2D eigenvalue weighted by molar-refractivity contribution is -0.116. The Hall–Kier alpha value is -3.34. The van der Waals surface area contributed by atoms with E-state index in [1.807, 2.05) is 60.4 Å². The molecule has 1 atom stereocenters. The number of benzene rings is 2. The minimum absolute atomic E-state index is 0.0192. The van der Waals surface area contributed by atoms with Crippen molar-refractivity contribution in [1.29, 1.82) is 0 Å². The predicted octanol–water partition coefficient (Wildman–Crippen LogP) is 4.22. The molecule has 1 aromatic heterocycles. The summed E-state index contributed by atoms with van der Waals surface area (Å²) in [6, 6.07) is 17.5. The molecule has 2 aromatic carbocycles. The van der Waals surface area contributed by atoms with E-state index >= 15 is 0 Å². The molecule has 2 amide bonds. The quantitative estimate of drug-likeness (QED) is 0.712. The average molecular weight is 388 g/mol. The molecule has 5 nitrogen and oxygen atoms in total. The zero-order valence-electron chi connectivity index (χ0n) is 16.6. The fraction of sp³-hybridized carbons (Fsp3) is 0.250. The molecule has 1 aliphatic rings. The van der Waals surface area contributed by atoms with Crippen LogP contribution in [0.25, 0.3) is 11.1 Å². The monoisotopic (exact) mass is 388 g/mol. The van der Waals surface area contributed by atoms with E-state index in [0.29, 0.717) is 12.0 Å². The second-order valence-electron chi connectivity index (χ2n) is 7.50. The van der Waals surface area contributed by atoms with Crippen LogP contribution in [0.1, 0.15) is 35.5 Å². The Morgan fingerprint density at radius 2 is 1.86 bits per heavy atom. The molecule has 1 N–H and O–H groups in total. The summed E-state index contributed by atoms with van der Waals surface area (Å²) in [6.07, 6.45) is 3.17. The summed E-state index contributed by atoms with van der Waals surface area (Å²) in [5, 5.41) is 3.01. The van der Waals surface area contributed by atoms with Crippen molar-refractivity contribution in [1.82, 2.24) is 5.32 Å². The molecule has 0 fully saturated rings. The number of anilines is 1. The molecule has 1 aliphatic heterocycles. The van der Waals surface area contributed by atoms with Gasteiger partial charge in [-0.2, -0.15) is 0 Å². The molecule has 0 saturated heterocycles. The Labute approximate surface area is 170 Å². The van der Waals surface area contributed by atoms with Crippen LogP contribution < -0.4 is 10.2 Å². The highest BCUT2D eigenvalue weighted by molar-refractivity contribution is 5.95. The summed E-state index contributed by atoms with van der Waals surface area (Å²) in [6.45, 7) is 4.30. The first-order chi connectivity index (χ1) is 14.0. The van der Waals surface area contributed by atoms with Gasteiger partial charge in [-0.15, -0.1) is 0 Å². The first-order valence-corrected chi connectivity index (χ1v) is 9.86. The van der Waals surface area contributed by atoms with Crippen LogP contribution in [0.2, 0.25) is 0 Å². The number of fused-ring (bicyclic) bond motifs is 1. The number of amides is 2. The maximum atomic E-state index is 12.5. The van der Waals surface area contributed by atoms with Gasteiger partial charge in [-0.3, -0.25) is 9.59 Å². The van der Waals surface area contributed by atoms with Crippen molar-refractivity contribution in [3.05, 3.63) is 77.7 Å². The van der Waals surface area contributed by atoms with E-state index in [0.717, 1.165) is 35.5 Å². The molecular formula is C24H24N2O3. The smallest absolute Gasteiger partial charge is 0.251 e. The third kappa shape index (κ3) is 4.09. The highest BCUT2D eigenvalue weighted by Gasteiger charge is 2.22. The van der Waals surface area contributed by atoms with Gasteiger partial charge in [-0.25, -0.2) is 0 Å².